The van der Waals surface area contributed by atoms with Gasteiger partial charge < -0.3 is 15.8 Å². The predicted molar refractivity (Wildman–Crippen MR) is 65.3 cm³/mol. The van der Waals surface area contributed by atoms with Crippen LogP contribution in [0.4, 0.5) is 5.69 Å². The van der Waals surface area contributed by atoms with E-state index in [-0.39, 0.29) is 18.2 Å². The topological polar surface area (TPSA) is 73.1 Å². The lowest BCUT2D eigenvalue weighted by atomic mass is 9.72. The minimum atomic E-state index is 0.0697. The molecule has 0 amide bonds. The highest BCUT2D eigenvalue weighted by molar-refractivity contribution is 6.33. The number of anilines is 1. The summed E-state index contributed by atoms with van der Waals surface area (Å²) in [5, 5.41) is 11.2. The van der Waals surface area contributed by atoms with Gasteiger partial charge in [-0.25, -0.2) is 0 Å². The Labute approximate surface area is 109 Å². The molecule has 92 valence electrons. The number of rotatable bonds is 2. The summed E-state index contributed by atoms with van der Waals surface area (Å²) in [7, 11) is 0. The van der Waals surface area contributed by atoms with E-state index in [1.165, 1.54) is 0 Å². The maximum absolute atomic E-state index is 6.09. The monoisotopic (exact) mass is 274 g/mol. The predicted octanol–water partition coefficient (Wildman–Crippen LogP) is 1.31. The summed E-state index contributed by atoms with van der Waals surface area (Å²) in [6, 6.07) is 1.80. The minimum Gasteiger partial charge on any atom is -0.376 e. The van der Waals surface area contributed by atoms with Crippen LogP contribution in [0.2, 0.25) is 10.3 Å². The second-order valence-corrected chi connectivity index (χ2v) is 5.15. The number of nitrogens with one attached hydrogen (secondary N) is 1. The fourth-order valence-electron chi connectivity index (χ4n) is 2.56. The maximum atomic E-state index is 6.09. The zero-order chi connectivity index (χ0) is 12.0. The molecule has 1 aliphatic heterocycles. The van der Waals surface area contributed by atoms with Gasteiger partial charge in [-0.3, -0.25) is 0 Å². The molecule has 1 saturated heterocycles. The van der Waals surface area contributed by atoms with Crippen molar-refractivity contribution in [3.8, 4) is 0 Å². The molecule has 2 fully saturated rings. The van der Waals surface area contributed by atoms with Crippen LogP contribution in [0.5, 0.6) is 0 Å². The number of nitrogens with two attached hydrogens (primary N) is 1. The Hall–Kier alpha value is -0.620. The fraction of sp³-hybridized carbons (Fsp3) is 0.600. The number of fused-ring (bicyclic) bond motifs is 1. The Morgan fingerprint density at radius 1 is 1.41 bits per heavy atom. The van der Waals surface area contributed by atoms with Crippen molar-refractivity contribution in [1.29, 1.82) is 0 Å². The van der Waals surface area contributed by atoms with Crippen molar-refractivity contribution in [2.45, 2.75) is 24.6 Å². The van der Waals surface area contributed by atoms with Gasteiger partial charge >= 0.3 is 0 Å². The Kier molecular flexibility index (Phi) is 2.86. The zero-order valence-electron chi connectivity index (χ0n) is 8.94. The van der Waals surface area contributed by atoms with E-state index in [0.29, 0.717) is 21.9 Å². The van der Waals surface area contributed by atoms with Gasteiger partial charge in [0.15, 0.2) is 10.3 Å². The van der Waals surface area contributed by atoms with Crippen molar-refractivity contribution in [2.24, 2.45) is 11.7 Å². The van der Waals surface area contributed by atoms with Gasteiger partial charge in [0.05, 0.1) is 17.8 Å². The van der Waals surface area contributed by atoms with Gasteiger partial charge in [0.2, 0.25) is 0 Å². The second kappa shape index (κ2) is 4.24. The highest BCUT2D eigenvalue weighted by Gasteiger charge is 2.52. The van der Waals surface area contributed by atoms with Gasteiger partial charge in [0.25, 0.3) is 0 Å². The molecule has 1 aromatic heterocycles. The highest BCUT2D eigenvalue weighted by Crippen LogP contribution is 2.40. The van der Waals surface area contributed by atoms with Gasteiger partial charge in [0.1, 0.15) is 0 Å². The van der Waals surface area contributed by atoms with E-state index in [2.05, 4.69) is 15.5 Å². The number of hydrogen-bond donors (Lipinski definition) is 2. The van der Waals surface area contributed by atoms with Crippen LogP contribution in [0.3, 0.4) is 0 Å². The van der Waals surface area contributed by atoms with Crippen LogP contribution in [0.15, 0.2) is 6.07 Å². The van der Waals surface area contributed by atoms with Gasteiger partial charge in [0, 0.05) is 24.6 Å². The summed E-state index contributed by atoms with van der Waals surface area (Å²) >= 11 is 11.7. The normalized spacial score (nSPS) is 35.2. The number of hydrogen-bond acceptors (Lipinski definition) is 5. The lowest BCUT2D eigenvalue weighted by molar-refractivity contribution is 0.00537. The summed E-state index contributed by atoms with van der Waals surface area (Å²) in [4.78, 5) is 0. The maximum Gasteiger partial charge on any atom is 0.174 e. The third-order valence-electron chi connectivity index (χ3n) is 3.49. The van der Waals surface area contributed by atoms with Crippen molar-refractivity contribution in [3.63, 3.8) is 0 Å². The van der Waals surface area contributed by atoms with Crippen LogP contribution in [0.1, 0.15) is 6.42 Å². The quantitative estimate of drug-likeness (QED) is 0.851. The summed E-state index contributed by atoms with van der Waals surface area (Å²) < 4.78 is 5.62. The van der Waals surface area contributed by atoms with Crippen LogP contribution >= 0.6 is 23.2 Å². The van der Waals surface area contributed by atoms with E-state index >= 15 is 0 Å². The first-order valence-corrected chi connectivity index (χ1v) is 6.25. The van der Waals surface area contributed by atoms with E-state index in [4.69, 9.17) is 33.7 Å². The van der Waals surface area contributed by atoms with E-state index in [9.17, 15) is 0 Å². The van der Waals surface area contributed by atoms with E-state index in [0.717, 1.165) is 13.0 Å². The average molecular weight is 275 g/mol. The second-order valence-electron chi connectivity index (χ2n) is 4.41. The molecule has 3 rings (SSSR count). The lowest BCUT2D eigenvalue weighted by Crippen LogP contribution is -2.65. The van der Waals surface area contributed by atoms with Crippen molar-refractivity contribution in [2.75, 3.05) is 11.9 Å². The van der Waals surface area contributed by atoms with E-state index in [1.807, 2.05) is 0 Å². The van der Waals surface area contributed by atoms with Crippen molar-refractivity contribution in [3.05, 3.63) is 16.4 Å². The van der Waals surface area contributed by atoms with Gasteiger partial charge in [-0.15, -0.1) is 10.2 Å². The lowest BCUT2D eigenvalue weighted by Gasteiger charge is -2.46. The number of ether oxygens (including phenoxy) is 1. The smallest absolute Gasteiger partial charge is 0.174 e. The molecule has 0 spiro atoms. The largest absolute Gasteiger partial charge is 0.376 e. The van der Waals surface area contributed by atoms with E-state index < -0.39 is 0 Å². The molecule has 1 saturated carbocycles. The average Bonchev–Trinajstić information content (AvgIpc) is 2.74. The van der Waals surface area contributed by atoms with Crippen molar-refractivity contribution < 1.29 is 4.74 Å². The number of aromatic nitrogens is 2. The molecule has 7 heteroatoms. The molecule has 5 nitrogen and oxygen atoms in total. The Morgan fingerprint density at radius 2 is 2.24 bits per heavy atom. The summed E-state index contributed by atoms with van der Waals surface area (Å²) in [6.07, 6.45) is 1.21. The molecule has 3 N–H and O–H groups in total. The van der Waals surface area contributed by atoms with Crippen LogP contribution in [0.25, 0.3) is 0 Å². The Bertz CT molecular complexity index is 444. The molecule has 2 heterocycles. The first kappa shape index (κ1) is 11.5. The fourth-order valence-corrected chi connectivity index (χ4v) is 2.86. The third kappa shape index (κ3) is 1.87. The van der Waals surface area contributed by atoms with Crippen molar-refractivity contribution >= 4 is 28.9 Å². The van der Waals surface area contributed by atoms with Crippen LogP contribution in [0, 0.1) is 5.92 Å². The molecular weight excluding hydrogens is 263 g/mol. The summed E-state index contributed by atoms with van der Waals surface area (Å²) in [5.41, 5.74) is 6.74. The van der Waals surface area contributed by atoms with Crippen molar-refractivity contribution in [1.82, 2.24) is 10.2 Å². The molecule has 0 radical (unpaired) electrons. The molecule has 4 unspecified atom stereocenters. The molecule has 1 aliphatic carbocycles. The van der Waals surface area contributed by atoms with Crippen LogP contribution in [-0.4, -0.2) is 35.0 Å². The molecule has 1 aromatic rings. The van der Waals surface area contributed by atoms with Crippen LogP contribution < -0.4 is 11.1 Å². The first-order chi connectivity index (χ1) is 8.16. The Balaban J connectivity index is 1.77. The molecule has 17 heavy (non-hydrogen) atoms. The molecule has 0 aromatic carbocycles. The molecule has 0 bridgehead atoms. The molecular formula is C10H12Cl2N4O. The van der Waals surface area contributed by atoms with Gasteiger partial charge in [-0.05, 0) is 6.42 Å². The van der Waals surface area contributed by atoms with Crippen LogP contribution in [-0.2, 0) is 4.74 Å². The summed E-state index contributed by atoms with van der Waals surface area (Å²) in [6.45, 7) is 0.782. The minimum absolute atomic E-state index is 0.0697. The standard InChI is InChI=1S/C10H12Cl2N4O/c11-6-3-5(10(12)16-15-6)14-8-7(13)4-1-2-17-9(4)8/h3-4,7-9H,1-2,13H2,(H,14,15). The van der Waals surface area contributed by atoms with E-state index in [1.54, 1.807) is 6.07 Å². The molecule has 2 aliphatic rings. The number of nitrogens with zero attached hydrogens (tertiary/aromatic N) is 2. The highest BCUT2D eigenvalue weighted by atomic mass is 35.5. The first-order valence-electron chi connectivity index (χ1n) is 5.49. The Morgan fingerprint density at radius 3 is 3.06 bits per heavy atom. The molecule has 4 atom stereocenters. The third-order valence-corrected chi connectivity index (χ3v) is 3.95. The SMILES string of the molecule is NC1C2CCOC2C1Nc1cc(Cl)nnc1Cl. The number of halogens is 2. The zero-order valence-corrected chi connectivity index (χ0v) is 10.4. The van der Waals surface area contributed by atoms with Gasteiger partial charge in [-0.2, -0.15) is 0 Å². The van der Waals surface area contributed by atoms with Gasteiger partial charge in [-0.1, -0.05) is 23.2 Å². The summed E-state index contributed by atoms with van der Waals surface area (Å²) in [5.74, 6) is 0.455.